The number of nitrogens with two attached hydrogens (primary N) is 1. The molecule has 0 saturated heterocycles. The number of carbonyl (C=O) groups excluding carboxylic acids is 1. The van der Waals surface area contributed by atoms with E-state index >= 15 is 0 Å². The summed E-state index contributed by atoms with van der Waals surface area (Å²) in [5.41, 5.74) is 8.00. The Bertz CT molecular complexity index is 527. The van der Waals surface area contributed by atoms with E-state index in [9.17, 15) is 4.79 Å². The van der Waals surface area contributed by atoms with E-state index in [2.05, 4.69) is 39.0 Å². The van der Waals surface area contributed by atoms with Crippen molar-refractivity contribution in [1.29, 1.82) is 0 Å². The Morgan fingerprint density at radius 2 is 2.00 bits per heavy atom. The van der Waals surface area contributed by atoms with Crippen LogP contribution in [0.3, 0.4) is 0 Å². The molecule has 1 heterocycles. The van der Waals surface area contributed by atoms with Crippen molar-refractivity contribution in [2.24, 2.45) is 5.73 Å². The van der Waals surface area contributed by atoms with Crippen LogP contribution in [0.25, 0.3) is 0 Å². The molecular formula is C16H21BrN2O2. The topological polar surface area (TPSA) is 55.6 Å². The molecule has 3 rings (SSSR count). The highest BCUT2D eigenvalue weighted by Crippen LogP contribution is 2.30. The molecule has 1 aromatic carbocycles. The smallest absolute Gasteiger partial charge is 0.404 e. The van der Waals surface area contributed by atoms with Gasteiger partial charge in [0.1, 0.15) is 6.10 Å². The second kappa shape index (κ2) is 6.36. The number of amides is 1. The molecule has 0 radical (unpaired) electrons. The van der Waals surface area contributed by atoms with E-state index in [-0.39, 0.29) is 6.10 Å². The van der Waals surface area contributed by atoms with Crippen molar-refractivity contribution in [3.8, 4) is 0 Å². The number of primary amides is 1. The van der Waals surface area contributed by atoms with Crippen LogP contribution in [-0.2, 0) is 17.7 Å². The summed E-state index contributed by atoms with van der Waals surface area (Å²) in [7, 11) is 0. The highest BCUT2D eigenvalue weighted by molar-refractivity contribution is 9.10. The molecule has 1 aliphatic carbocycles. The molecule has 1 saturated carbocycles. The number of ether oxygens (including phenoxy) is 1. The first-order chi connectivity index (χ1) is 10.1. The minimum Gasteiger partial charge on any atom is -0.446 e. The second-order valence-electron chi connectivity index (χ2n) is 6.00. The van der Waals surface area contributed by atoms with Crippen molar-refractivity contribution in [2.75, 3.05) is 6.54 Å². The monoisotopic (exact) mass is 352 g/mol. The third-order valence-corrected chi connectivity index (χ3v) is 5.15. The zero-order chi connectivity index (χ0) is 14.8. The van der Waals surface area contributed by atoms with E-state index in [1.54, 1.807) is 0 Å². The summed E-state index contributed by atoms with van der Waals surface area (Å²) in [6, 6.07) is 7.20. The number of benzene rings is 1. The van der Waals surface area contributed by atoms with Gasteiger partial charge in [-0.05, 0) is 55.4 Å². The SMILES string of the molecule is NC(=O)OC1CCC(N2CCc3cc(Br)ccc3C2)CC1. The van der Waals surface area contributed by atoms with Gasteiger partial charge < -0.3 is 10.5 Å². The molecule has 1 fully saturated rings. The quantitative estimate of drug-likeness (QED) is 0.888. The molecule has 1 aromatic rings. The number of rotatable bonds is 2. The number of fused-ring (bicyclic) bond motifs is 1. The Labute approximate surface area is 133 Å². The number of carbonyl (C=O) groups is 1. The summed E-state index contributed by atoms with van der Waals surface area (Å²) in [5, 5.41) is 0. The van der Waals surface area contributed by atoms with Crippen molar-refractivity contribution in [1.82, 2.24) is 4.90 Å². The summed E-state index contributed by atoms with van der Waals surface area (Å²) in [5.74, 6) is 0. The number of hydrogen-bond acceptors (Lipinski definition) is 3. The predicted octanol–water partition coefficient (Wildman–Crippen LogP) is 3.21. The molecule has 114 valence electrons. The van der Waals surface area contributed by atoms with E-state index in [0.717, 1.165) is 45.2 Å². The summed E-state index contributed by atoms with van der Waals surface area (Å²) < 4.78 is 6.28. The second-order valence-corrected chi connectivity index (χ2v) is 6.92. The van der Waals surface area contributed by atoms with Gasteiger partial charge >= 0.3 is 6.09 Å². The molecule has 5 heteroatoms. The molecule has 0 spiro atoms. The standard InChI is InChI=1S/C16H21BrN2O2/c17-13-2-1-12-10-19(8-7-11(12)9-13)14-3-5-15(6-4-14)21-16(18)20/h1-2,9,14-15H,3-8,10H2,(H2,18,20). The van der Waals surface area contributed by atoms with Gasteiger partial charge in [0.15, 0.2) is 0 Å². The van der Waals surface area contributed by atoms with E-state index in [4.69, 9.17) is 10.5 Å². The molecule has 0 bridgehead atoms. The Morgan fingerprint density at radius 1 is 1.24 bits per heavy atom. The molecule has 0 aromatic heterocycles. The van der Waals surface area contributed by atoms with Gasteiger partial charge in [0, 0.05) is 23.6 Å². The zero-order valence-electron chi connectivity index (χ0n) is 12.1. The molecule has 0 atom stereocenters. The molecular weight excluding hydrogens is 332 g/mol. The Morgan fingerprint density at radius 3 is 2.71 bits per heavy atom. The number of nitrogens with zero attached hydrogens (tertiary/aromatic N) is 1. The van der Waals surface area contributed by atoms with Crippen LogP contribution in [0.1, 0.15) is 36.8 Å². The van der Waals surface area contributed by atoms with E-state index in [1.165, 1.54) is 15.6 Å². The van der Waals surface area contributed by atoms with Crippen LogP contribution in [0.4, 0.5) is 4.79 Å². The van der Waals surface area contributed by atoms with Gasteiger partial charge in [-0.3, -0.25) is 4.90 Å². The van der Waals surface area contributed by atoms with Crippen molar-refractivity contribution in [3.05, 3.63) is 33.8 Å². The maximum absolute atomic E-state index is 10.8. The van der Waals surface area contributed by atoms with Gasteiger partial charge in [0.2, 0.25) is 0 Å². The van der Waals surface area contributed by atoms with Gasteiger partial charge in [0.05, 0.1) is 0 Å². The number of hydrogen-bond donors (Lipinski definition) is 1. The number of halogens is 1. The van der Waals surface area contributed by atoms with E-state index in [1.807, 2.05) is 0 Å². The lowest BCUT2D eigenvalue weighted by molar-refractivity contribution is 0.0488. The van der Waals surface area contributed by atoms with E-state index in [0.29, 0.717) is 6.04 Å². The fourth-order valence-electron chi connectivity index (χ4n) is 3.55. The summed E-state index contributed by atoms with van der Waals surface area (Å²) in [4.78, 5) is 13.4. The Kier molecular flexibility index (Phi) is 4.50. The maximum atomic E-state index is 10.8. The highest BCUT2D eigenvalue weighted by Gasteiger charge is 2.29. The van der Waals surface area contributed by atoms with Crippen LogP contribution in [0, 0.1) is 0 Å². The third-order valence-electron chi connectivity index (χ3n) is 4.65. The Hall–Kier alpha value is -1.07. The molecule has 1 amide bonds. The fraction of sp³-hybridized carbons (Fsp3) is 0.562. The van der Waals surface area contributed by atoms with E-state index < -0.39 is 6.09 Å². The third kappa shape index (κ3) is 3.58. The van der Waals surface area contributed by atoms with Gasteiger partial charge in [-0.25, -0.2) is 4.79 Å². The van der Waals surface area contributed by atoms with Gasteiger partial charge in [-0.1, -0.05) is 22.0 Å². The molecule has 2 aliphatic rings. The Balaban J connectivity index is 1.58. The molecule has 1 aliphatic heterocycles. The minimum absolute atomic E-state index is 0.0202. The lowest BCUT2D eigenvalue weighted by Gasteiger charge is -2.39. The summed E-state index contributed by atoms with van der Waals surface area (Å²) in [6.07, 6.45) is 4.53. The molecule has 21 heavy (non-hydrogen) atoms. The largest absolute Gasteiger partial charge is 0.446 e. The first-order valence-corrected chi connectivity index (χ1v) is 8.38. The lowest BCUT2D eigenvalue weighted by Crippen LogP contribution is -2.42. The molecule has 4 nitrogen and oxygen atoms in total. The lowest BCUT2D eigenvalue weighted by atomic mass is 9.89. The van der Waals surface area contributed by atoms with Crippen LogP contribution < -0.4 is 5.73 Å². The average Bonchev–Trinajstić information content (AvgIpc) is 2.47. The highest BCUT2D eigenvalue weighted by atomic mass is 79.9. The molecule has 0 unspecified atom stereocenters. The maximum Gasteiger partial charge on any atom is 0.404 e. The van der Waals surface area contributed by atoms with Gasteiger partial charge in [0.25, 0.3) is 0 Å². The zero-order valence-corrected chi connectivity index (χ0v) is 13.6. The molecule has 2 N–H and O–H groups in total. The first-order valence-electron chi connectivity index (χ1n) is 7.59. The minimum atomic E-state index is -0.643. The van der Waals surface area contributed by atoms with Crippen LogP contribution in [0.5, 0.6) is 0 Å². The van der Waals surface area contributed by atoms with Crippen LogP contribution in [0.15, 0.2) is 22.7 Å². The van der Waals surface area contributed by atoms with Crippen LogP contribution >= 0.6 is 15.9 Å². The average molecular weight is 353 g/mol. The summed E-state index contributed by atoms with van der Waals surface area (Å²) in [6.45, 7) is 2.16. The summed E-state index contributed by atoms with van der Waals surface area (Å²) >= 11 is 3.54. The van der Waals surface area contributed by atoms with Gasteiger partial charge in [-0.15, -0.1) is 0 Å². The van der Waals surface area contributed by atoms with Crippen molar-refractivity contribution >= 4 is 22.0 Å². The predicted molar refractivity (Wildman–Crippen MR) is 85.0 cm³/mol. The van der Waals surface area contributed by atoms with Crippen LogP contribution in [-0.4, -0.2) is 29.7 Å². The van der Waals surface area contributed by atoms with Crippen molar-refractivity contribution in [2.45, 2.75) is 50.8 Å². The van der Waals surface area contributed by atoms with Gasteiger partial charge in [-0.2, -0.15) is 0 Å². The first kappa shape index (κ1) is 14.9. The van der Waals surface area contributed by atoms with Crippen molar-refractivity contribution in [3.63, 3.8) is 0 Å². The van der Waals surface area contributed by atoms with Crippen LogP contribution in [0.2, 0.25) is 0 Å². The fourth-order valence-corrected chi connectivity index (χ4v) is 3.96. The normalized spacial score (nSPS) is 26.1. The van der Waals surface area contributed by atoms with Crippen molar-refractivity contribution < 1.29 is 9.53 Å².